The summed E-state index contributed by atoms with van der Waals surface area (Å²) in [6.07, 6.45) is 3.49. The fraction of sp³-hybridized carbons (Fsp3) is 0.333. The van der Waals surface area contributed by atoms with Crippen LogP contribution in [0.2, 0.25) is 0 Å². The van der Waals surface area contributed by atoms with Crippen LogP contribution in [0.15, 0.2) is 48.7 Å². The van der Waals surface area contributed by atoms with E-state index in [4.69, 9.17) is 22.4 Å². The van der Waals surface area contributed by atoms with E-state index >= 15 is 0 Å². The number of nitrogen functional groups attached to an aromatic ring is 1. The van der Waals surface area contributed by atoms with E-state index in [1.807, 2.05) is 0 Å². The first-order chi connectivity index (χ1) is 11.5. The number of pyridine rings is 1. The first-order valence-corrected chi connectivity index (χ1v) is 8.33. The number of carbonyl (C=O) groups is 1. The number of carboxylic acids is 1. The zero-order chi connectivity index (χ0) is 17.4. The number of halogens is 1. The molecule has 3 N–H and O–H groups in total. The second kappa shape index (κ2) is 9.25. The molecule has 0 unspecified atom stereocenters. The molecule has 1 aliphatic rings. The van der Waals surface area contributed by atoms with Gasteiger partial charge in [-0.2, -0.15) is 0 Å². The third kappa shape index (κ3) is 6.18. The summed E-state index contributed by atoms with van der Waals surface area (Å²) in [5.74, 6) is -0.669. The lowest BCUT2D eigenvalue weighted by Gasteiger charge is -2.29. The smallest absolute Gasteiger partial charge is 0.337 e. The van der Waals surface area contributed by atoms with Gasteiger partial charge in [-0.1, -0.05) is 30.3 Å². The van der Waals surface area contributed by atoms with Crippen LogP contribution in [0, 0.1) is 0 Å². The van der Waals surface area contributed by atoms with Crippen LogP contribution in [0.5, 0.6) is 0 Å². The van der Waals surface area contributed by atoms with Crippen LogP contribution in [0.4, 0.5) is 5.82 Å². The van der Waals surface area contributed by atoms with Gasteiger partial charge in [-0.15, -0.1) is 11.6 Å². The molecule has 2 heterocycles. The Morgan fingerprint density at radius 2 is 1.88 bits per heavy atom. The molecule has 5 nitrogen and oxygen atoms in total. The Labute approximate surface area is 147 Å². The van der Waals surface area contributed by atoms with Crippen LogP contribution >= 0.6 is 11.6 Å². The van der Waals surface area contributed by atoms with Gasteiger partial charge in [0.2, 0.25) is 0 Å². The number of anilines is 1. The SMILES string of the molecule is ClC1CCN(Cc2ccccc2)CC1.Nc1ccc(C(=O)O)cn1. The molecule has 1 saturated heterocycles. The number of benzene rings is 1. The average molecular weight is 348 g/mol. The van der Waals surface area contributed by atoms with Gasteiger partial charge in [0.25, 0.3) is 0 Å². The second-order valence-corrected chi connectivity index (χ2v) is 6.33. The molecule has 0 saturated carbocycles. The highest BCUT2D eigenvalue weighted by molar-refractivity contribution is 6.20. The van der Waals surface area contributed by atoms with E-state index in [0.29, 0.717) is 11.2 Å². The Balaban J connectivity index is 0.000000185. The standard InChI is InChI=1S/C12H16ClN.C6H6N2O2/c13-12-6-8-14(9-7-12)10-11-4-2-1-3-5-11;7-5-2-1-4(3-8-5)6(9)10/h1-5,12H,6-10H2;1-3H,(H2,7,8)(H,9,10). The first-order valence-electron chi connectivity index (χ1n) is 7.90. The third-order valence-electron chi connectivity index (χ3n) is 3.80. The number of rotatable bonds is 3. The number of aromatic nitrogens is 1. The van der Waals surface area contributed by atoms with Crippen molar-refractivity contribution in [1.29, 1.82) is 0 Å². The Kier molecular flexibility index (Phi) is 7.03. The summed E-state index contributed by atoms with van der Waals surface area (Å²) in [6, 6.07) is 13.5. The number of carboxylic acid groups (broad SMARTS) is 1. The highest BCUT2D eigenvalue weighted by Gasteiger charge is 2.16. The van der Waals surface area contributed by atoms with Crippen LogP contribution in [0.3, 0.4) is 0 Å². The van der Waals surface area contributed by atoms with E-state index in [1.54, 1.807) is 0 Å². The predicted octanol–water partition coefficient (Wildman–Crippen LogP) is 3.25. The summed E-state index contributed by atoms with van der Waals surface area (Å²) < 4.78 is 0. The van der Waals surface area contributed by atoms with Crippen molar-refractivity contribution in [3.8, 4) is 0 Å². The van der Waals surface area contributed by atoms with Gasteiger partial charge < -0.3 is 10.8 Å². The van der Waals surface area contributed by atoms with Crippen molar-refractivity contribution in [3.63, 3.8) is 0 Å². The Morgan fingerprint density at radius 3 is 2.42 bits per heavy atom. The van der Waals surface area contributed by atoms with Crippen molar-refractivity contribution < 1.29 is 9.90 Å². The Bertz CT molecular complexity index is 626. The van der Waals surface area contributed by atoms with Gasteiger partial charge in [-0.25, -0.2) is 9.78 Å². The fourth-order valence-corrected chi connectivity index (χ4v) is 2.63. The number of likely N-dealkylation sites (tertiary alicyclic amines) is 1. The summed E-state index contributed by atoms with van der Waals surface area (Å²) in [6.45, 7) is 3.36. The third-order valence-corrected chi connectivity index (χ3v) is 4.24. The molecule has 0 radical (unpaired) electrons. The Morgan fingerprint density at radius 1 is 1.21 bits per heavy atom. The average Bonchev–Trinajstić information content (AvgIpc) is 2.59. The fourth-order valence-electron chi connectivity index (χ4n) is 2.43. The largest absolute Gasteiger partial charge is 0.478 e. The van der Waals surface area contributed by atoms with Crippen molar-refractivity contribution in [1.82, 2.24) is 9.88 Å². The van der Waals surface area contributed by atoms with Gasteiger partial charge >= 0.3 is 5.97 Å². The van der Waals surface area contributed by atoms with Crippen LogP contribution < -0.4 is 5.73 Å². The van der Waals surface area contributed by atoms with E-state index in [-0.39, 0.29) is 5.56 Å². The van der Waals surface area contributed by atoms with Crippen molar-refractivity contribution in [2.75, 3.05) is 18.8 Å². The van der Waals surface area contributed by atoms with Crippen LogP contribution in [-0.2, 0) is 6.54 Å². The predicted molar refractivity (Wildman–Crippen MR) is 96.2 cm³/mol. The van der Waals surface area contributed by atoms with Crippen LogP contribution in [0.1, 0.15) is 28.8 Å². The Hall–Kier alpha value is -2.11. The minimum absolute atomic E-state index is 0.147. The zero-order valence-corrected chi connectivity index (χ0v) is 14.2. The quantitative estimate of drug-likeness (QED) is 0.833. The van der Waals surface area contributed by atoms with E-state index in [9.17, 15) is 4.79 Å². The zero-order valence-electron chi connectivity index (χ0n) is 13.4. The molecule has 0 aliphatic carbocycles. The van der Waals surface area contributed by atoms with Gasteiger partial charge in [-0.3, -0.25) is 4.90 Å². The molecular weight excluding hydrogens is 326 g/mol. The molecule has 24 heavy (non-hydrogen) atoms. The van der Waals surface area contributed by atoms with Gasteiger partial charge in [0.15, 0.2) is 0 Å². The minimum Gasteiger partial charge on any atom is -0.478 e. The number of nitrogens with two attached hydrogens (primary N) is 1. The highest BCUT2D eigenvalue weighted by atomic mass is 35.5. The van der Waals surface area contributed by atoms with E-state index < -0.39 is 5.97 Å². The molecule has 0 atom stereocenters. The number of nitrogens with zero attached hydrogens (tertiary/aromatic N) is 2. The van der Waals surface area contributed by atoms with Gasteiger partial charge in [0.05, 0.1) is 5.56 Å². The summed E-state index contributed by atoms with van der Waals surface area (Å²) in [5.41, 5.74) is 6.77. The lowest BCUT2D eigenvalue weighted by Crippen LogP contribution is -2.33. The number of hydrogen-bond acceptors (Lipinski definition) is 4. The van der Waals surface area contributed by atoms with Crippen molar-refractivity contribution >= 4 is 23.4 Å². The van der Waals surface area contributed by atoms with Crippen molar-refractivity contribution in [2.24, 2.45) is 0 Å². The molecular formula is C18H22ClN3O2. The first kappa shape index (κ1) is 18.2. The summed E-state index contributed by atoms with van der Waals surface area (Å²) in [5, 5.41) is 8.80. The lowest BCUT2D eigenvalue weighted by molar-refractivity contribution is 0.0696. The molecule has 6 heteroatoms. The topological polar surface area (TPSA) is 79.5 Å². The summed E-state index contributed by atoms with van der Waals surface area (Å²) in [4.78, 5) is 16.3. The number of hydrogen-bond donors (Lipinski definition) is 2. The van der Waals surface area contributed by atoms with Crippen LogP contribution in [0.25, 0.3) is 0 Å². The molecule has 1 aliphatic heterocycles. The maximum absolute atomic E-state index is 10.2. The van der Waals surface area contributed by atoms with E-state index in [1.165, 1.54) is 23.9 Å². The van der Waals surface area contributed by atoms with Gasteiger partial charge in [0, 0.05) is 18.1 Å². The minimum atomic E-state index is -0.993. The molecule has 0 bridgehead atoms. The number of alkyl halides is 1. The van der Waals surface area contributed by atoms with E-state index in [2.05, 4.69) is 40.2 Å². The molecule has 0 amide bonds. The van der Waals surface area contributed by atoms with Gasteiger partial charge in [-0.05, 0) is 43.6 Å². The molecule has 2 aromatic rings. The molecule has 1 fully saturated rings. The number of piperidine rings is 1. The summed E-state index contributed by atoms with van der Waals surface area (Å²) in [7, 11) is 0. The highest BCUT2D eigenvalue weighted by Crippen LogP contribution is 2.17. The van der Waals surface area contributed by atoms with Crippen molar-refractivity contribution in [2.45, 2.75) is 24.8 Å². The lowest BCUT2D eigenvalue weighted by atomic mass is 10.1. The van der Waals surface area contributed by atoms with E-state index in [0.717, 1.165) is 32.5 Å². The molecule has 3 rings (SSSR count). The molecule has 1 aromatic carbocycles. The van der Waals surface area contributed by atoms with Crippen LogP contribution in [-0.4, -0.2) is 39.4 Å². The maximum atomic E-state index is 10.2. The van der Waals surface area contributed by atoms with Crippen molar-refractivity contribution in [3.05, 3.63) is 59.8 Å². The molecule has 128 valence electrons. The maximum Gasteiger partial charge on any atom is 0.337 e. The monoisotopic (exact) mass is 347 g/mol. The summed E-state index contributed by atoms with van der Waals surface area (Å²) >= 11 is 6.06. The molecule has 0 spiro atoms. The van der Waals surface area contributed by atoms with Gasteiger partial charge in [0.1, 0.15) is 5.82 Å². The normalized spacial score (nSPS) is 15.4. The number of aromatic carboxylic acids is 1. The second-order valence-electron chi connectivity index (χ2n) is 5.71. The molecule has 1 aromatic heterocycles.